The molecule has 3 heterocycles. The Hall–Kier alpha value is -3.22. The Bertz CT molecular complexity index is 992. The molecule has 1 aliphatic rings. The van der Waals surface area contributed by atoms with E-state index in [2.05, 4.69) is 26.4 Å². The SMILES string of the molecule is CCOC(=O)C1=C(C)Nc2ncnn2C1c1ccc2[nH+]cccc2c1. The number of hydrogen-bond acceptors (Lipinski definition) is 5. The van der Waals surface area contributed by atoms with Gasteiger partial charge < -0.3 is 10.1 Å². The van der Waals surface area contributed by atoms with Crippen LogP contribution >= 0.6 is 0 Å². The number of benzene rings is 1. The zero-order valence-electron chi connectivity index (χ0n) is 14.0. The van der Waals surface area contributed by atoms with Crippen molar-refractivity contribution in [2.45, 2.75) is 19.9 Å². The van der Waals surface area contributed by atoms with Gasteiger partial charge in [0.2, 0.25) is 11.5 Å². The lowest BCUT2D eigenvalue weighted by Gasteiger charge is -2.28. The van der Waals surface area contributed by atoms with Gasteiger partial charge in [-0.3, -0.25) is 0 Å². The highest BCUT2D eigenvalue weighted by Gasteiger charge is 2.34. The number of aromatic nitrogens is 4. The molecule has 1 aromatic carbocycles. The Labute approximate surface area is 144 Å². The molecule has 0 aliphatic carbocycles. The molecule has 0 spiro atoms. The smallest absolute Gasteiger partial charge is 0.338 e. The highest BCUT2D eigenvalue weighted by molar-refractivity contribution is 5.92. The molecule has 1 unspecified atom stereocenters. The van der Waals surface area contributed by atoms with Crippen LogP contribution in [0.3, 0.4) is 0 Å². The van der Waals surface area contributed by atoms with Crippen LogP contribution in [-0.4, -0.2) is 27.3 Å². The van der Waals surface area contributed by atoms with E-state index < -0.39 is 0 Å². The molecule has 0 amide bonds. The Kier molecular flexibility index (Phi) is 3.68. The lowest BCUT2D eigenvalue weighted by atomic mass is 9.94. The van der Waals surface area contributed by atoms with Crippen LogP contribution in [0.5, 0.6) is 0 Å². The molecule has 4 rings (SSSR count). The number of fused-ring (bicyclic) bond motifs is 2. The zero-order valence-corrected chi connectivity index (χ0v) is 14.0. The number of nitrogens with zero attached hydrogens (tertiary/aromatic N) is 3. The molecule has 0 saturated carbocycles. The minimum Gasteiger partial charge on any atom is -0.463 e. The number of pyridine rings is 1. The molecule has 126 valence electrons. The summed E-state index contributed by atoms with van der Waals surface area (Å²) in [5.41, 5.74) is 3.24. The van der Waals surface area contributed by atoms with E-state index in [1.165, 1.54) is 6.33 Å². The predicted molar refractivity (Wildman–Crippen MR) is 91.6 cm³/mol. The third-order valence-electron chi connectivity index (χ3n) is 4.29. The number of nitrogens with one attached hydrogen (secondary N) is 2. The molecule has 7 nitrogen and oxygen atoms in total. The van der Waals surface area contributed by atoms with Crippen molar-refractivity contribution in [3.8, 4) is 0 Å². The number of carbonyl (C=O) groups is 1. The topological polar surface area (TPSA) is 83.2 Å². The van der Waals surface area contributed by atoms with E-state index in [-0.39, 0.29) is 12.0 Å². The molecular formula is C18H18N5O2+. The lowest BCUT2D eigenvalue weighted by Crippen LogP contribution is -2.29. The number of ether oxygens (including phenoxy) is 1. The number of anilines is 1. The third-order valence-corrected chi connectivity index (χ3v) is 4.29. The first-order valence-electron chi connectivity index (χ1n) is 8.14. The standard InChI is InChI=1S/C18H17N5O2/c1-3-25-17(24)15-11(2)22-18-20-10-21-23(18)16(15)13-6-7-14-12(9-13)5-4-8-19-14/h4-10,16H,3H2,1-2H3,(H,20,21,22)/p+1. The Morgan fingerprint density at radius 3 is 3.12 bits per heavy atom. The molecule has 0 radical (unpaired) electrons. The van der Waals surface area contributed by atoms with E-state index in [0.29, 0.717) is 18.1 Å². The number of carbonyl (C=O) groups excluding carboxylic acids is 1. The summed E-state index contributed by atoms with van der Waals surface area (Å²) in [5.74, 6) is 0.258. The molecule has 0 saturated heterocycles. The van der Waals surface area contributed by atoms with Gasteiger partial charge in [0, 0.05) is 23.2 Å². The summed E-state index contributed by atoms with van der Waals surface area (Å²) < 4.78 is 6.99. The first kappa shape index (κ1) is 15.3. The Morgan fingerprint density at radius 1 is 1.40 bits per heavy atom. The van der Waals surface area contributed by atoms with Gasteiger partial charge in [-0.1, -0.05) is 0 Å². The number of esters is 1. The maximum atomic E-state index is 12.6. The number of aromatic amines is 1. The largest absolute Gasteiger partial charge is 0.463 e. The monoisotopic (exact) mass is 336 g/mol. The van der Waals surface area contributed by atoms with Crippen LogP contribution in [0.25, 0.3) is 10.9 Å². The van der Waals surface area contributed by atoms with Crippen LogP contribution in [0.2, 0.25) is 0 Å². The number of hydrogen-bond donors (Lipinski definition) is 1. The first-order valence-corrected chi connectivity index (χ1v) is 8.14. The molecular weight excluding hydrogens is 318 g/mol. The van der Waals surface area contributed by atoms with Crippen LogP contribution in [0, 0.1) is 0 Å². The van der Waals surface area contributed by atoms with Crippen molar-refractivity contribution in [1.29, 1.82) is 0 Å². The van der Waals surface area contributed by atoms with Crippen molar-refractivity contribution in [2.24, 2.45) is 0 Å². The van der Waals surface area contributed by atoms with Crippen LogP contribution in [0.4, 0.5) is 5.95 Å². The van der Waals surface area contributed by atoms with Crippen LogP contribution in [-0.2, 0) is 9.53 Å². The first-order chi connectivity index (χ1) is 12.2. The van der Waals surface area contributed by atoms with Gasteiger partial charge in [0.1, 0.15) is 12.4 Å². The normalized spacial score (nSPS) is 16.5. The molecule has 0 fully saturated rings. The minimum atomic E-state index is -0.387. The maximum absolute atomic E-state index is 12.6. The van der Waals surface area contributed by atoms with Gasteiger partial charge in [0.25, 0.3) is 0 Å². The quantitative estimate of drug-likeness (QED) is 0.741. The second-order valence-electron chi connectivity index (χ2n) is 5.83. The van der Waals surface area contributed by atoms with Crippen molar-refractivity contribution in [2.75, 3.05) is 11.9 Å². The van der Waals surface area contributed by atoms with Crippen molar-refractivity contribution in [3.63, 3.8) is 0 Å². The average molecular weight is 336 g/mol. The van der Waals surface area contributed by atoms with Gasteiger partial charge in [-0.05, 0) is 37.6 Å². The average Bonchev–Trinajstić information content (AvgIpc) is 3.08. The Morgan fingerprint density at radius 2 is 2.28 bits per heavy atom. The summed E-state index contributed by atoms with van der Waals surface area (Å²) in [4.78, 5) is 20.0. The van der Waals surface area contributed by atoms with Gasteiger partial charge in [0.05, 0.1) is 12.2 Å². The van der Waals surface area contributed by atoms with E-state index in [9.17, 15) is 4.79 Å². The zero-order chi connectivity index (χ0) is 17.4. The van der Waals surface area contributed by atoms with Gasteiger partial charge in [-0.15, -0.1) is 0 Å². The fourth-order valence-electron chi connectivity index (χ4n) is 3.18. The van der Waals surface area contributed by atoms with Gasteiger partial charge in [-0.25, -0.2) is 14.5 Å². The molecule has 25 heavy (non-hydrogen) atoms. The van der Waals surface area contributed by atoms with Gasteiger partial charge >= 0.3 is 5.97 Å². The molecule has 2 aromatic heterocycles. The summed E-state index contributed by atoms with van der Waals surface area (Å²) in [5, 5.41) is 8.50. The summed E-state index contributed by atoms with van der Waals surface area (Å²) in [6.45, 7) is 3.97. The van der Waals surface area contributed by atoms with E-state index in [4.69, 9.17) is 4.74 Å². The fourth-order valence-corrected chi connectivity index (χ4v) is 3.18. The molecule has 1 atom stereocenters. The predicted octanol–water partition coefficient (Wildman–Crippen LogP) is 2.10. The van der Waals surface area contributed by atoms with Crippen molar-refractivity contribution < 1.29 is 14.5 Å². The Balaban J connectivity index is 1.89. The minimum absolute atomic E-state index is 0.319. The van der Waals surface area contributed by atoms with Crippen molar-refractivity contribution in [3.05, 3.63) is 59.7 Å². The van der Waals surface area contributed by atoms with E-state index in [0.717, 1.165) is 22.2 Å². The van der Waals surface area contributed by atoms with Crippen molar-refractivity contribution >= 4 is 22.8 Å². The van der Waals surface area contributed by atoms with Crippen molar-refractivity contribution in [1.82, 2.24) is 14.8 Å². The maximum Gasteiger partial charge on any atom is 0.338 e. The number of rotatable bonds is 3. The second-order valence-corrected chi connectivity index (χ2v) is 5.83. The van der Waals surface area contributed by atoms with E-state index in [1.54, 1.807) is 11.6 Å². The number of H-pyrrole nitrogens is 1. The second kappa shape index (κ2) is 6.01. The molecule has 2 N–H and O–H groups in total. The number of allylic oxidation sites excluding steroid dienone is 1. The summed E-state index contributed by atoms with van der Waals surface area (Å²) in [7, 11) is 0. The molecule has 1 aliphatic heterocycles. The van der Waals surface area contributed by atoms with Gasteiger partial charge in [-0.2, -0.15) is 10.1 Å². The van der Waals surface area contributed by atoms with E-state index >= 15 is 0 Å². The third kappa shape index (κ3) is 2.53. The molecule has 3 aromatic rings. The van der Waals surface area contributed by atoms with Crippen LogP contribution in [0.1, 0.15) is 25.5 Å². The van der Waals surface area contributed by atoms with Crippen LogP contribution in [0.15, 0.2) is 54.1 Å². The van der Waals surface area contributed by atoms with E-state index in [1.807, 2.05) is 37.4 Å². The highest BCUT2D eigenvalue weighted by atomic mass is 16.5. The van der Waals surface area contributed by atoms with Crippen LogP contribution < -0.4 is 10.3 Å². The lowest BCUT2D eigenvalue weighted by molar-refractivity contribution is -0.344. The molecule has 7 heteroatoms. The fraction of sp³-hybridized carbons (Fsp3) is 0.222. The highest BCUT2D eigenvalue weighted by Crippen LogP contribution is 2.35. The van der Waals surface area contributed by atoms with Gasteiger partial charge in [0.15, 0.2) is 6.20 Å². The summed E-state index contributed by atoms with van der Waals surface area (Å²) >= 11 is 0. The summed E-state index contributed by atoms with van der Waals surface area (Å²) in [6.07, 6.45) is 3.36. The summed E-state index contributed by atoms with van der Waals surface area (Å²) in [6, 6.07) is 9.64. The molecule has 0 bridgehead atoms.